The highest BCUT2D eigenvalue weighted by atomic mass is 16.5. The maximum Gasteiger partial charge on any atom is 0.324 e. The second kappa shape index (κ2) is 14.2. The molecule has 1 aromatic heterocycles. The third-order valence-corrected chi connectivity index (χ3v) is 8.66. The topological polar surface area (TPSA) is 107 Å². The first-order valence-electron chi connectivity index (χ1n) is 15.9. The average Bonchev–Trinajstić information content (AvgIpc) is 3.48. The molecule has 3 N–H and O–H groups in total. The molecule has 0 spiro atoms. The minimum atomic E-state index is -0.363. The Bertz CT molecular complexity index is 1650. The Hall–Kier alpha value is -4.63. The van der Waals surface area contributed by atoms with E-state index in [9.17, 15) is 9.59 Å². The lowest BCUT2D eigenvalue weighted by molar-refractivity contribution is 0.0956. The molecule has 1 atom stereocenters. The van der Waals surface area contributed by atoms with Crippen molar-refractivity contribution in [1.82, 2.24) is 15.1 Å². The van der Waals surface area contributed by atoms with Gasteiger partial charge >= 0.3 is 6.03 Å². The predicted octanol–water partition coefficient (Wildman–Crippen LogP) is 7.50. The summed E-state index contributed by atoms with van der Waals surface area (Å²) in [6.07, 6.45) is 2.34. The first-order chi connectivity index (χ1) is 22.0. The number of aryl methyl sites for hydroxylation is 1. The number of hydrogen-bond acceptors (Lipinski definition) is 6. The third kappa shape index (κ3) is 7.77. The summed E-state index contributed by atoms with van der Waals surface area (Å²) in [6, 6.07) is 22.8. The number of hydrogen-bond donors (Lipinski definition) is 3. The molecule has 1 saturated heterocycles. The molecule has 0 bridgehead atoms. The molecule has 2 heterocycles. The van der Waals surface area contributed by atoms with E-state index in [0.717, 1.165) is 48.4 Å². The average molecular weight is 624 g/mol. The quantitative estimate of drug-likeness (QED) is 0.158. The highest BCUT2D eigenvalue weighted by Crippen LogP contribution is 2.37. The first kappa shape index (κ1) is 32.8. The largest absolute Gasteiger partial charge is 0.497 e. The lowest BCUT2D eigenvalue weighted by Crippen LogP contribution is -2.31. The van der Waals surface area contributed by atoms with Gasteiger partial charge in [0.05, 0.1) is 31.2 Å². The van der Waals surface area contributed by atoms with E-state index in [1.54, 1.807) is 37.1 Å². The van der Waals surface area contributed by atoms with E-state index in [1.165, 1.54) is 0 Å². The molecule has 0 saturated carbocycles. The predicted molar refractivity (Wildman–Crippen MR) is 183 cm³/mol. The van der Waals surface area contributed by atoms with Gasteiger partial charge in [0.25, 0.3) is 0 Å². The molecule has 9 nitrogen and oxygen atoms in total. The summed E-state index contributed by atoms with van der Waals surface area (Å²) in [5, 5.41) is 14.2. The Morgan fingerprint density at radius 3 is 2.26 bits per heavy atom. The maximum atomic E-state index is 13.6. The molecule has 0 radical (unpaired) electrons. The van der Waals surface area contributed by atoms with Crippen LogP contribution in [0, 0.1) is 12.8 Å². The van der Waals surface area contributed by atoms with Crippen molar-refractivity contribution in [3.8, 4) is 17.2 Å². The van der Waals surface area contributed by atoms with Crippen molar-refractivity contribution in [2.75, 3.05) is 37.9 Å². The van der Waals surface area contributed by atoms with Gasteiger partial charge in [-0.2, -0.15) is 5.10 Å². The summed E-state index contributed by atoms with van der Waals surface area (Å²) < 4.78 is 12.6. The molecule has 9 heteroatoms. The van der Waals surface area contributed by atoms with Crippen LogP contribution in [-0.4, -0.2) is 48.9 Å². The smallest absolute Gasteiger partial charge is 0.324 e. The number of benzene rings is 3. The lowest BCUT2D eigenvalue weighted by Gasteiger charge is -2.31. The minimum absolute atomic E-state index is 0.0314. The number of amides is 2. The van der Waals surface area contributed by atoms with Gasteiger partial charge in [-0.1, -0.05) is 50.6 Å². The number of methoxy groups -OCH3 is 2. The van der Waals surface area contributed by atoms with Crippen molar-refractivity contribution in [2.24, 2.45) is 5.92 Å². The first-order valence-corrected chi connectivity index (χ1v) is 15.9. The number of nitrogens with one attached hydrogen (secondary N) is 3. The summed E-state index contributed by atoms with van der Waals surface area (Å²) in [7, 11) is 3.16. The monoisotopic (exact) mass is 623 g/mol. The molecular weight excluding hydrogens is 578 g/mol. The number of nitrogens with zero attached hydrogens (tertiary/aromatic N) is 2. The van der Waals surface area contributed by atoms with Gasteiger partial charge in [0.1, 0.15) is 17.3 Å². The van der Waals surface area contributed by atoms with Crippen molar-refractivity contribution in [3.63, 3.8) is 0 Å². The van der Waals surface area contributed by atoms with Gasteiger partial charge in [0.2, 0.25) is 0 Å². The SMILES string of the molecule is COc1ccc(C(=O)CC(c2ccc(NC(=O)Nc3cc(C(C)(C)C)nn3-c3ccc(C)cc3)cc2)C2CCNCC2)c(OC)c1. The summed E-state index contributed by atoms with van der Waals surface area (Å²) in [5.41, 5.74) is 4.98. The second-order valence-corrected chi connectivity index (χ2v) is 13.0. The van der Waals surface area contributed by atoms with Gasteiger partial charge < -0.3 is 20.1 Å². The molecule has 1 aliphatic rings. The number of Topliss-reactive ketones (excluding diaryl/α,β-unsaturated/α-hetero) is 1. The van der Waals surface area contributed by atoms with Crippen LogP contribution in [0.25, 0.3) is 5.69 Å². The van der Waals surface area contributed by atoms with E-state index in [4.69, 9.17) is 14.6 Å². The normalized spacial score (nSPS) is 14.4. The number of piperidine rings is 1. The zero-order valence-electron chi connectivity index (χ0n) is 27.6. The number of rotatable bonds is 10. The molecule has 242 valence electrons. The van der Waals surface area contributed by atoms with Crippen LogP contribution >= 0.6 is 0 Å². The Morgan fingerprint density at radius 2 is 1.63 bits per heavy atom. The number of aromatic nitrogens is 2. The molecule has 0 aliphatic carbocycles. The van der Waals surface area contributed by atoms with Crippen LogP contribution in [0.2, 0.25) is 0 Å². The zero-order valence-corrected chi connectivity index (χ0v) is 27.6. The summed E-state index contributed by atoms with van der Waals surface area (Å²) in [6.45, 7) is 10.2. The van der Waals surface area contributed by atoms with E-state index >= 15 is 0 Å². The molecule has 1 unspecified atom stereocenters. The highest BCUT2D eigenvalue weighted by Gasteiger charge is 2.29. The molecule has 46 heavy (non-hydrogen) atoms. The molecule has 1 aliphatic heterocycles. The van der Waals surface area contributed by atoms with Gasteiger partial charge in [0.15, 0.2) is 5.78 Å². The van der Waals surface area contributed by atoms with E-state index in [2.05, 4.69) is 36.7 Å². The fourth-order valence-corrected chi connectivity index (χ4v) is 5.95. The number of ketones is 1. The van der Waals surface area contributed by atoms with Crippen LogP contribution in [-0.2, 0) is 5.41 Å². The molecule has 5 rings (SSSR count). The third-order valence-electron chi connectivity index (χ3n) is 8.66. The van der Waals surface area contributed by atoms with Gasteiger partial charge in [-0.3, -0.25) is 10.1 Å². The van der Waals surface area contributed by atoms with Crippen LogP contribution in [0.3, 0.4) is 0 Å². The fourth-order valence-electron chi connectivity index (χ4n) is 5.95. The number of urea groups is 1. The summed E-state index contributed by atoms with van der Waals surface area (Å²) in [5.74, 6) is 2.16. The molecule has 3 aromatic carbocycles. The van der Waals surface area contributed by atoms with Gasteiger partial charge in [-0.15, -0.1) is 0 Å². The molecule has 1 fully saturated rings. The summed E-state index contributed by atoms with van der Waals surface area (Å²) in [4.78, 5) is 26.9. The van der Waals surface area contributed by atoms with Crippen LogP contribution in [0.1, 0.15) is 73.1 Å². The van der Waals surface area contributed by atoms with Crippen LogP contribution in [0.5, 0.6) is 11.5 Å². The minimum Gasteiger partial charge on any atom is -0.497 e. The van der Waals surface area contributed by atoms with Crippen molar-refractivity contribution < 1.29 is 19.1 Å². The Balaban J connectivity index is 1.33. The second-order valence-electron chi connectivity index (χ2n) is 13.0. The Kier molecular flexibility index (Phi) is 10.1. The van der Waals surface area contributed by atoms with E-state index < -0.39 is 0 Å². The number of ether oxygens (including phenoxy) is 2. The number of carbonyl (C=O) groups is 2. The van der Waals surface area contributed by atoms with Gasteiger partial charge in [-0.05, 0) is 86.7 Å². The van der Waals surface area contributed by atoms with Crippen molar-refractivity contribution in [1.29, 1.82) is 0 Å². The van der Waals surface area contributed by atoms with Crippen LogP contribution < -0.4 is 25.4 Å². The van der Waals surface area contributed by atoms with Gasteiger partial charge in [0, 0.05) is 29.7 Å². The molecule has 2 amide bonds. The zero-order chi connectivity index (χ0) is 32.8. The number of carbonyl (C=O) groups excluding carboxylic acids is 2. The van der Waals surface area contributed by atoms with E-state index in [0.29, 0.717) is 40.9 Å². The molecular formula is C37H45N5O4. The maximum absolute atomic E-state index is 13.6. The fraction of sp³-hybridized carbons (Fsp3) is 0.378. The number of anilines is 2. The Labute approximate surface area is 271 Å². The van der Waals surface area contributed by atoms with Crippen LogP contribution in [0.4, 0.5) is 16.3 Å². The van der Waals surface area contributed by atoms with E-state index in [-0.39, 0.29) is 23.1 Å². The standard InChI is InChI=1S/C37H45N5O4/c1-24-7-13-28(14-8-24)42-35(23-34(41-42)37(2,3)4)40-36(44)39-27-11-9-25(10-12-27)31(26-17-19-38-20-18-26)22-32(43)30-16-15-29(45-5)21-33(30)46-6/h7-16,21,23,26,31,38H,17-20,22H2,1-6H3,(H2,39,40,44). The van der Waals surface area contributed by atoms with Crippen molar-refractivity contribution in [2.45, 2.75) is 58.3 Å². The Morgan fingerprint density at radius 1 is 0.935 bits per heavy atom. The lowest BCUT2D eigenvalue weighted by atomic mass is 9.77. The summed E-state index contributed by atoms with van der Waals surface area (Å²) >= 11 is 0. The molecule has 4 aromatic rings. The van der Waals surface area contributed by atoms with Crippen molar-refractivity contribution >= 4 is 23.3 Å². The van der Waals surface area contributed by atoms with Gasteiger partial charge in [-0.25, -0.2) is 9.48 Å². The van der Waals surface area contributed by atoms with Crippen molar-refractivity contribution in [3.05, 3.63) is 95.2 Å². The van der Waals surface area contributed by atoms with Crippen LogP contribution in [0.15, 0.2) is 72.8 Å². The highest BCUT2D eigenvalue weighted by molar-refractivity contribution is 6.00. The van der Waals surface area contributed by atoms with E-state index in [1.807, 2.05) is 61.5 Å².